The molecule has 0 aliphatic carbocycles. The van der Waals surface area contributed by atoms with Crippen LogP contribution in [0.1, 0.15) is 18.9 Å². The van der Waals surface area contributed by atoms with E-state index >= 15 is 0 Å². The van der Waals surface area contributed by atoms with Crippen LogP contribution in [0, 0.1) is 5.82 Å². The largest absolute Gasteiger partial charge is 0.369 e. The van der Waals surface area contributed by atoms with Gasteiger partial charge in [0, 0.05) is 19.1 Å². The lowest BCUT2D eigenvalue weighted by Crippen LogP contribution is -2.43. The Morgan fingerprint density at radius 1 is 1.35 bits per heavy atom. The number of carbonyl (C=O) groups is 2. The molecule has 1 heterocycles. The summed E-state index contributed by atoms with van der Waals surface area (Å²) in [5, 5.41) is 2.94. The first kappa shape index (κ1) is 17.1. The van der Waals surface area contributed by atoms with E-state index in [1.165, 1.54) is 12.1 Å². The number of benzene rings is 1. The molecule has 3 N–H and O–H groups in total. The van der Waals surface area contributed by atoms with Gasteiger partial charge in [-0.05, 0) is 36.6 Å². The van der Waals surface area contributed by atoms with Crippen LogP contribution in [0.3, 0.4) is 0 Å². The summed E-state index contributed by atoms with van der Waals surface area (Å²) in [6, 6.07) is 5.79. The molecule has 0 aromatic heterocycles. The van der Waals surface area contributed by atoms with Crippen molar-refractivity contribution in [2.24, 2.45) is 5.73 Å². The van der Waals surface area contributed by atoms with E-state index in [9.17, 15) is 14.0 Å². The van der Waals surface area contributed by atoms with Crippen LogP contribution in [0.4, 0.5) is 4.39 Å². The number of carbonyl (C=O) groups excluding carboxylic acids is 2. The number of nitrogens with one attached hydrogen (secondary N) is 1. The molecule has 0 spiro atoms. The first-order valence-corrected chi connectivity index (χ1v) is 7.67. The van der Waals surface area contributed by atoms with Crippen LogP contribution in [-0.2, 0) is 16.0 Å². The van der Waals surface area contributed by atoms with Crippen LogP contribution in [0.25, 0.3) is 0 Å². The second-order valence-corrected chi connectivity index (χ2v) is 5.84. The molecule has 1 atom stereocenters. The minimum atomic E-state index is -0.348. The van der Waals surface area contributed by atoms with Crippen LogP contribution < -0.4 is 11.1 Å². The maximum absolute atomic E-state index is 12.9. The van der Waals surface area contributed by atoms with E-state index in [2.05, 4.69) is 11.4 Å². The lowest BCUT2D eigenvalue weighted by atomic mass is 10.0. The van der Waals surface area contributed by atoms with Crippen molar-refractivity contribution in [3.63, 3.8) is 0 Å². The SMILES string of the molecule is C[C@H](NC(=O)Cc1ccc(F)cc1)C1=CCCN(CC(N)=O)C1. The average Bonchev–Trinajstić information content (AvgIpc) is 2.49. The van der Waals surface area contributed by atoms with E-state index in [0.717, 1.165) is 24.1 Å². The molecule has 124 valence electrons. The lowest BCUT2D eigenvalue weighted by Gasteiger charge is -2.29. The van der Waals surface area contributed by atoms with E-state index in [4.69, 9.17) is 5.73 Å². The summed E-state index contributed by atoms with van der Waals surface area (Å²) in [4.78, 5) is 25.1. The Kier molecular flexibility index (Phi) is 5.87. The fourth-order valence-electron chi connectivity index (χ4n) is 2.68. The number of primary amides is 1. The summed E-state index contributed by atoms with van der Waals surface area (Å²) in [5.41, 5.74) is 7.07. The van der Waals surface area contributed by atoms with Crippen LogP contribution >= 0.6 is 0 Å². The molecule has 0 saturated heterocycles. The van der Waals surface area contributed by atoms with Crippen molar-refractivity contribution in [1.29, 1.82) is 0 Å². The van der Waals surface area contributed by atoms with Gasteiger partial charge in [0.05, 0.1) is 13.0 Å². The molecule has 0 unspecified atom stereocenters. The third kappa shape index (κ3) is 5.49. The van der Waals surface area contributed by atoms with Gasteiger partial charge >= 0.3 is 0 Å². The summed E-state index contributed by atoms with van der Waals surface area (Å²) in [5.74, 6) is -0.777. The van der Waals surface area contributed by atoms with E-state index in [-0.39, 0.29) is 36.6 Å². The molecule has 6 heteroatoms. The van der Waals surface area contributed by atoms with E-state index in [1.54, 1.807) is 12.1 Å². The standard InChI is InChI=1S/C17H22FN3O2/c1-12(14-3-2-8-21(10-14)11-16(19)22)20-17(23)9-13-4-6-15(18)7-5-13/h3-7,12H,2,8-11H2,1H3,(H2,19,22)(H,20,23)/t12-/m0/s1. The second-order valence-electron chi connectivity index (χ2n) is 5.84. The zero-order valence-electron chi connectivity index (χ0n) is 13.2. The first-order valence-electron chi connectivity index (χ1n) is 7.67. The van der Waals surface area contributed by atoms with Crippen LogP contribution in [0.2, 0.25) is 0 Å². The zero-order valence-corrected chi connectivity index (χ0v) is 13.2. The molecule has 2 rings (SSSR count). The summed E-state index contributed by atoms with van der Waals surface area (Å²) < 4.78 is 12.9. The summed E-state index contributed by atoms with van der Waals surface area (Å²) in [6.07, 6.45) is 3.14. The molecule has 1 aliphatic heterocycles. The van der Waals surface area contributed by atoms with Gasteiger partial charge in [0.15, 0.2) is 0 Å². The zero-order chi connectivity index (χ0) is 16.8. The third-order valence-corrected chi connectivity index (χ3v) is 3.85. The van der Waals surface area contributed by atoms with Crippen molar-refractivity contribution >= 4 is 11.8 Å². The summed E-state index contributed by atoms with van der Waals surface area (Å²) in [7, 11) is 0. The highest BCUT2D eigenvalue weighted by molar-refractivity contribution is 5.79. The molecule has 23 heavy (non-hydrogen) atoms. The molecule has 0 saturated carbocycles. The Balaban J connectivity index is 1.86. The highest BCUT2D eigenvalue weighted by Gasteiger charge is 2.19. The second kappa shape index (κ2) is 7.87. The molecule has 1 aromatic rings. The fourth-order valence-corrected chi connectivity index (χ4v) is 2.68. The minimum absolute atomic E-state index is 0.112. The normalized spacial score (nSPS) is 16.5. The number of nitrogens with two attached hydrogens (primary N) is 1. The third-order valence-electron chi connectivity index (χ3n) is 3.85. The highest BCUT2D eigenvalue weighted by Crippen LogP contribution is 2.13. The molecule has 2 amide bonds. The Morgan fingerprint density at radius 3 is 2.70 bits per heavy atom. The molecular weight excluding hydrogens is 297 g/mol. The van der Waals surface area contributed by atoms with Crippen molar-refractivity contribution in [2.75, 3.05) is 19.6 Å². The van der Waals surface area contributed by atoms with Gasteiger partial charge in [0.1, 0.15) is 5.82 Å². The average molecular weight is 319 g/mol. The maximum atomic E-state index is 12.9. The number of amides is 2. The Hall–Kier alpha value is -2.21. The fraction of sp³-hybridized carbons (Fsp3) is 0.412. The van der Waals surface area contributed by atoms with E-state index in [1.807, 2.05) is 11.8 Å². The quantitative estimate of drug-likeness (QED) is 0.768. The molecule has 1 aromatic carbocycles. The lowest BCUT2D eigenvalue weighted by molar-refractivity contribution is -0.121. The predicted molar refractivity (Wildman–Crippen MR) is 86.0 cm³/mol. The van der Waals surface area contributed by atoms with Gasteiger partial charge in [0.2, 0.25) is 11.8 Å². The Labute approximate surface area is 135 Å². The van der Waals surface area contributed by atoms with Crippen LogP contribution in [-0.4, -0.2) is 42.4 Å². The van der Waals surface area contributed by atoms with Gasteiger partial charge in [-0.15, -0.1) is 0 Å². The van der Waals surface area contributed by atoms with Crippen LogP contribution in [0.15, 0.2) is 35.9 Å². The van der Waals surface area contributed by atoms with Crippen molar-refractivity contribution in [3.05, 3.63) is 47.3 Å². The van der Waals surface area contributed by atoms with Gasteiger partial charge < -0.3 is 11.1 Å². The molecule has 0 fully saturated rings. The van der Waals surface area contributed by atoms with Crippen molar-refractivity contribution in [3.8, 4) is 0 Å². The van der Waals surface area contributed by atoms with Crippen molar-refractivity contribution in [1.82, 2.24) is 10.2 Å². The van der Waals surface area contributed by atoms with Gasteiger partial charge in [0.25, 0.3) is 0 Å². The molecule has 5 nitrogen and oxygen atoms in total. The summed E-state index contributed by atoms with van der Waals surface area (Å²) in [6.45, 7) is 3.57. The van der Waals surface area contributed by atoms with E-state index < -0.39 is 0 Å². The number of hydrogen-bond donors (Lipinski definition) is 2. The van der Waals surface area contributed by atoms with Crippen molar-refractivity contribution < 1.29 is 14.0 Å². The van der Waals surface area contributed by atoms with Gasteiger partial charge in [-0.2, -0.15) is 0 Å². The van der Waals surface area contributed by atoms with Gasteiger partial charge in [-0.1, -0.05) is 18.2 Å². The monoisotopic (exact) mass is 319 g/mol. The predicted octanol–water partition coefficient (Wildman–Crippen LogP) is 0.990. The highest BCUT2D eigenvalue weighted by atomic mass is 19.1. The maximum Gasteiger partial charge on any atom is 0.231 e. The smallest absolute Gasteiger partial charge is 0.231 e. The van der Waals surface area contributed by atoms with E-state index in [0.29, 0.717) is 6.54 Å². The molecule has 0 bridgehead atoms. The topological polar surface area (TPSA) is 75.4 Å². The van der Waals surface area contributed by atoms with Crippen LogP contribution in [0.5, 0.6) is 0 Å². The Morgan fingerprint density at radius 2 is 2.04 bits per heavy atom. The number of halogens is 1. The molecule has 0 radical (unpaired) electrons. The minimum Gasteiger partial charge on any atom is -0.369 e. The van der Waals surface area contributed by atoms with Gasteiger partial charge in [-0.25, -0.2) is 4.39 Å². The number of hydrogen-bond acceptors (Lipinski definition) is 3. The molecular formula is C17H22FN3O2. The Bertz CT molecular complexity index is 598. The van der Waals surface area contributed by atoms with Crippen molar-refractivity contribution in [2.45, 2.75) is 25.8 Å². The number of rotatable bonds is 6. The number of nitrogens with zero attached hydrogens (tertiary/aromatic N) is 1. The van der Waals surface area contributed by atoms with Gasteiger partial charge in [-0.3, -0.25) is 14.5 Å². The molecule has 1 aliphatic rings. The first-order chi connectivity index (χ1) is 10.9. The summed E-state index contributed by atoms with van der Waals surface area (Å²) >= 11 is 0.